The molecule has 0 spiro atoms. The Morgan fingerprint density at radius 3 is 1.82 bits per heavy atom. The summed E-state index contributed by atoms with van der Waals surface area (Å²) in [5.74, 6) is 2.39. The molecule has 10 heteroatoms. The van der Waals surface area contributed by atoms with E-state index in [0.29, 0.717) is 32.3 Å². The molecule has 73 heavy (non-hydrogen) atoms. The largest absolute Gasteiger partial charge is 0.493 e. The molecule has 8 nitrogen and oxygen atoms in total. The average molecular weight is 1020 g/mol. The van der Waals surface area contributed by atoms with Gasteiger partial charge in [-0.1, -0.05) is 151 Å². The highest BCUT2D eigenvalue weighted by molar-refractivity contribution is 8.08. The number of nitrogens with zero attached hydrogens (tertiary/aromatic N) is 2. The first kappa shape index (κ1) is 55.4. The lowest BCUT2D eigenvalue weighted by Gasteiger charge is -2.26. The second kappa shape index (κ2) is 29.5. The molecule has 2 heterocycles. The second-order valence-electron chi connectivity index (χ2n) is 18.6. The second-order valence-corrected chi connectivity index (χ2v) is 20.7. The van der Waals surface area contributed by atoms with Crippen LogP contribution in [0.2, 0.25) is 0 Å². The van der Waals surface area contributed by atoms with Crippen LogP contribution in [0.1, 0.15) is 140 Å². The maximum Gasteiger partial charge on any atom is 0.184 e. The van der Waals surface area contributed by atoms with Crippen LogP contribution in [0, 0.1) is 0 Å². The number of hydrogen-bond donors (Lipinski definition) is 0. The van der Waals surface area contributed by atoms with Crippen LogP contribution < -0.4 is 19.3 Å². The van der Waals surface area contributed by atoms with Crippen molar-refractivity contribution in [3.63, 3.8) is 0 Å². The van der Waals surface area contributed by atoms with E-state index in [2.05, 4.69) is 171 Å². The number of thiophene rings is 1. The summed E-state index contributed by atoms with van der Waals surface area (Å²) in [7, 11) is 3.33. The van der Waals surface area contributed by atoms with E-state index in [1.54, 1.807) is 37.3 Å². The van der Waals surface area contributed by atoms with Gasteiger partial charge >= 0.3 is 0 Å². The lowest BCUT2D eigenvalue weighted by molar-refractivity contribution is -0.106. The molecule has 1 saturated heterocycles. The van der Waals surface area contributed by atoms with Crippen molar-refractivity contribution >= 4 is 61.3 Å². The number of ether oxygens (including phenoxy) is 6. The molecule has 0 amide bonds. The zero-order valence-corrected chi connectivity index (χ0v) is 45.9. The van der Waals surface area contributed by atoms with Gasteiger partial charge < -0.3 is 38.2 Å². The van der Waals surface area contributed by atoms with Crippen molar-refractivity contribution < 1.29 is 28.4 Å². The number of benzene rings is 5. The molecule has 6 aromatic rings. The van der Waals surface area contributed by atoms with E-state index >= 15 is 0 Å². The molecule has 0 N–H and O–H groups in total. The number of rotatable bonds is 31. The fourth-order valence-corrected chi connectivity index (χ4v) is 11.2. The first-order valence-electron chi connectivity index (χ1n) is 26.6. The Balaban J connectivity index is 1.26. The van der Waals surface area contributed by atoms with Gasteiger partial charge in [-0.3, -0.25) is 0 Å². The summed E-state index contributed by atoms with van der Waals surface area (Å²) in [5, 5.41) is 1.08. The van der Waals surface area contributed by atoms with Gasteiger partial charge in [0.15, 0.2) is 12.6 Å². The Morgan fingerprint density at radius 2 is 1.23 bits per heavy atom. The van der Waals surface area contributed by atoms with Crippen molar-refractivity contribution in [1.29, 1.82) is 0 Å². The van der Waals surface area contributed by atoms with Gasteiger partial charge in [0.2, 0.25) is 0 Å². The molecule has 388 valence electrons. The fourth-order valence-electron chi connectivity index (χ4n) is 9.07. The van der Waals surface area contributed by atoms with Crippen LogP contribution >= 0.6 is 23.1 Å². The Kier molecular flexibility index (Phi) is 22.4. The summed E-state index contributed by atoms with van der Waals surface area (Å²) in [4.78, 5) is 6.90. The van der Waals surface area contributed by atoms with E-state index < -0.39 is 6.29 Å². The summed E-state index contributed by atoms with van der Waals surface area (Å²) in [6.45, 7) is 15.4. The van der Waals surface area contributed by atoms with Crippen LogP contribution in [0.25, 0.3) is 20.9 Å². The lowest BCUT2D eigenvalue weighted by atomic mass is 10.1. The van der Waals surface area contributed by atoms with Gasteiger partial charge in [0.05, 0.1) is 32.3 Å². The maximum absolute atomic E-state index is 6.96. The zero-order chi connectivity index (χ0) is 51.2. The van der Waals surface area contributed by atoms with E-state index in [4.69, 9.17) is 28.4 Å². The molecule has 0 bridgehead atoms. The topological polar surface area (TPSA) is 61.9 Å². The number of allylic oxidation sites excluding steroid dienone is 2. The first-order valence-corrected chi connectivity index (χ1v) is 28.4. The molecule has 0 saturated carbocycles. The van der Waals surface area contributed by atoms with E-state index in [0.717, 1.165) is 108 Å². The molecular weight excluding hydrogens is 945 g/mol. The van der Waals surface area contributed by atoms with Gasteiger partial charge in [-0.2, -0.15) is 0 Å². The maximum atomic E-state index is 6.96. The quantitative estimate of drug-likeness (QED) is 0.0313. The third-order valence-corrected chi connectivity index (χ3v) is 15.4. The third kappa shape index (κ3) is 15.6. The van der Waals surface area contributed by atoms with Crippen molar-refractivity contribution in [1.82, 2.24) is 0 Å². The van der Waals surface area contributed by atoms with Crippen LogP contribution in [0.4, 0.5) is 27.8 Å². The number of thioether (sulfide) groups is 1. The average Bonchev–Trinajstić information content (AvgIpc) is 4.15. The van der Waals surface area contributed by atoms with E-state index in [1.807, 2.05) is 6.92 Å². The number of unbranched alkanes of at least 4 members (excludes halogenated alkanes) is 10. The Hall–Kier alpha value is -5.33. The van der Waals surface area contributed by atoms with Gasteiger partial charge in [-0.25, -0.2) is 0 Å². The van der Waals surface area contributed by atoms with Crippen molar-refractivity contribution in [2.45, 2.75) is 117 Å². The highest BCUT2D eigenvalue weighted by atomic mass is 32.2. The molecular formula is C63H78N2O6S2. The Labute approximate surface area is 445 Å². The van der Waals surface area contributed by atoms with E-state index in [-0.39, 0.29) is 6.29 Å². The predicted molar refractivity (Wildman–Crippen MR) is 309 cm³/mol. The predicted octanol–water partition coefficient (Wildman–Crippen LogP) is 18.6. The fraction of sp³-hybridized carbons (Fsp3) is 0.397. The molecule has 0 aliphatic carbocycles. The van der Waals surface area contributed by atoms with Crippen molar-refractivity contribution in [3.05, 3.63) is 162 Å². The van der Waals surface area contributed by atoms with E-state index in [1.165, 1.54) is 51.4 Å². The SMILES string of the molecule is C=C(C)c1ccc(N(c2ccc(C3OCCO3)cc2)c2ccc(-c3cc(OCCCCCCCC)c(/C(=C/C)SCN(c4ccccc4)c4ccc(C(OC)OC)cc4)cc3OCCCCCCCC)s2)cc1. The molecule has 1 fully saturated rings. The normalized spacial score (nSPS) is 12.9. The zero-order valence-electron chi connectivity index (χ0n) is 44.2. The molecule has 0 unspecified atom stereocenters. The summed E-state index contributed by atoms with van der Waals surface area (Å²) in [5.41, 5.74) is 10.5. The van der Waals surface area contributed by atoms with Crippen LogP contribution in [0.15, 0.2) is 140 Å². The van der Waals surface area contributed by atoms with Gasteiger partial charge in [0, 0.05) is 69.0 Å². The summed E-state index contributed by atoms with van der Waals surface area (Å²) >= 11 is 3.56. The first-order chi connectivity index (χ1) is 35.8. The number of para-hydroxylation sites is 1. The minimum absolute atomic E-state index is 0.339. The minimum atomic E-state index is -0.428. The number of anilines is 5. The van der Waals surface area contributed by atoms with Crippen LogP contribution in [0.3, 0.4) is 0 Å². The Morgan fingerprint density at radius 1 is 0.671 bits per heavy atom. The lowest BCUT2D eigenvalue weighted by Crippen LogP contribution is -2.16. The smallest absolute Gasteiger partial charge is 0.184 e. The Bertz CT molecular complexity index is 2590. The molecule has 1 aromatic heterocycles. The third-order valence-electron chi connectivity index (χ3n) is 13.2. The molecule has 1 aliphatic heterocycles. The number of methoxy groups -OCH3 is 2. The molecule has 0 atom stereocenters. The monoisotopic (exact) mass is 1020 g/mol. The van der Waals surface area contributed by atoms with Crippen LogP contribution in [0.5, 0.6) is 11.5 Å². The van der Waals surface area contributed by atoms with E-state index in [9.17, 15) is 0 Å². The highest BCUT2D eigenvalue weighted by Crippen LogP contribution is 2.48. The minimum Gasteiger partial charge on any atom is -0.493 e. The standard InChI is InChI=1S/C63H78N2O6S2/c1-8-11-13-15-17-22-40-68-57-45-56(60-38-39-61(73-60)65(53-34-26-48(27-35-53)47(4)5)54-36-30-50(31-37-54)63-70-42-43-71-63)58(69-41-23-18-16-14-12-9-2)44-55(57)59(10-3)72-46-64(51-24-20-19-21-25-51)52-32-28-49(29-33-52)62(66-6)67-7/h10,19-21,24-39,44-45,62-63H,4,8-9,11-18,22-23,40-43,46H2,1-3,5-7H3/b59-10-. The van der Waals surface area contributed by atoms with Crippen molar-refractivity contribution in [3.8, 4) is 21.9 Å². The van der Waals surface area contributed by atoms with Crippen molar-refractivity contribution in [2.24, 2.45) is 0 Å². The molecule has 5 aromatic carbocycles. The molecule has 7 rings (SSSR count). The van der Waals surface area contributed by atoms with Crippen LogP contribution in [-0.4, -0.2) is 46.5 Å². The summed E-state index contributed by atoms with van der Waals surface area (Å²) < 4.78 is 36.8. The van der Waals surface area contributed by atoms with Crippen molar-refractivity contribution in [2.75, 3.05) is 56.3 Å². The highest BCUT2D eigenvalue weighted by Gasteiger charge is 2.24. The number of hydrogen-bond acceptors (Lipinski definition) is 10. The molecule has 0 radical (unpaired) electrons. The van der Waals surface area contributed by atoms with Gasteiger partial charge in [-0.15, -0.1) is 23.1 Å². The summed E-state index contributed by atoms with van der Waals surface area (Å²) in [6, 6.07) is 45.2. The molecule has 1 aliphatic rings. The van der Waals surface area contributed by atoms with Gasteiger partial charge in [0.1, 0.15) is 16.5 Å². The summed E-state index contributed by atoms with van der Waals surface area (Å²) in [6.07, 6.45) is 15.7. The van der Waals surface area contributed by atoms with Gasteiger partial charge in [-0.05, 0) is 105 Å². The van der Waals surface area contributed by atoms with Crippen LogP contribution in [-0.2, 0) is 18.9 Å². The van der Waals surface area contributed by atoms with Gasteiger partial charge in [0.25, 0.3) is 0 Å².